The summed E-state index contributed by atoms with van der Waals surface area (Å²) in [6.45, 7) is 2.90. The lowest BCUT2D eigenvalue weighted by Crippen LogP contribution is -2.36. The molecule has 0 amide bonds. The zero-order valence-electron chi connectivity index (χ0n) is 11.9. The Morgan fingerprint density at radius 3 is 2.60 bits per heavy atom. The van der Waals surface area contributed by atoms with Gasteiger partial charge in [-0.1, -0.05) is 15.9 Å². The van der Waals surface area contributed by atoms with Gasteiger partial charge < -0.3 is 9.47 Å². The van der Waals surface area contributed by atoms with E-state index in [0.717, 1.165) is 42.5 Å². The highest BCUT2D eigenvalue weighted by atomic mass is 79.9. The van der Waals surface area contributed by atoms with Crippen molar-refractivity contribution < 1.29 is 14.3 Å². The fourth-order valence-corrected chi connectivity index (χ4v) is 3.08. The molecule has 5 heteroatoms. The number of piperidine rings is 1. The summed E-state index contributed by atoms with van der Waals surface area (Å²) < 4.78 is 11.1. The van der Waals surface area contributed by atoms with Gasteiger partial charge in [0, 0.05) is 31.2 Å². The molecule has 1 aromatic rings. The molecular weight excluding hydrogens is 322 g/mol. The molecule has 0 aromatic heterocycles. The van der Waals surface area contributed by atoms with Crippen LogP contribution in [0.25, 0.3) is 0 Å². The summed E-state index contributed by atoms with van der Waals surface area (Å²) in [7, 11) is 3.18. The SMILES string of the molecule is COC(=O)c1cc(Br)cc(CN2CCC(OC)CC2)c1. The van der Waals surface area contributed by atoms with Gasteiger partial charge in [-0.05, 0) is 36.6 Å². The third-order valence-corrected chi connectivity index (χ3v) is 4.11. The van der Waals surface area contributed by atoms with Crippen LogP contribution in [0.1, 0.15) is 28.8 Å². The predicted octanol–water partition coefficient (Wildman–Crippen LogP) is 2.85. The van der Waals surface area contributed by atoms with Crippen molar-refractivity contribution in [1.82, 2.24) is 4.90 Å². The molecule has 1 saturated heterocycles. The monoisotopic (exact) mass is 341 g/mol. The number of methoxy groups -OCH3 is 2. The average Bonchev–Trinajstić information content (AvgIpc) is 2.46. The van der Waals surface area contributed by atoms with Crippen molar-refractivity contribution in [3.63, 3.8) is 0 Å². The van der Waals surface area contributed by atoms with Crippen LogP contribution in [0.15, 0.2) is 22.7 Å². The minimum atomic E-state index is -0.300. The van der Waals surface area contributed by atoms with Crippen LogP contribution in [0, 0.1) is 0 Å². The number of rotatable bonds is 4. The fraction of sp³-hybridized carbons (Fsp3) is 0.533. The van der Waals surface area contributed by atoms with Crippen molar-refractivity contribution in [3.8, 4) is 0 Å². The predicted molar refractivity (Wildman–Crippen MR) is 80.8 cm³/mol. The van der Waals surface area contributed by atoms with Crippen molar-refractivity contribution in [2.45, 2.75) is 25.5 Å². The number of halogens is 1. The molecule has 0 radical (unpaired) electrons. The number of hydrogen-bond acceptors (Lipinski definition) is 4. The first kappa shape index (κ1) is 15.5. The third-order valence-electron chi connectivity index (χ3n) is 3.65. The van der Waals surface area contributed by atoms with Crippen LogP contribution in [0.5, 0.6) is 0 Å². The Kier molecular flexibility index (Phi) is 5.57. The summed E-state index contributed by atoms with van der Waals surface area (Å²) in [6, 6.07) is 5.74. The van der Waals surface area contributed by atoms with Crippen LogP contribution in [0.2, 0.25) is 0 Å². The van der Waals surface area contributed by atoms with Gasteiger partial charge in [0.15, 0.2) is 0 Å². The summed E-state index contributed by atoms with van der Waals surface area (Å²) >= 11 is 3.45. The van der Waals surface area contributed by atoms with Gasteiger partial charge in [-0.3, -0.25) is 4.90 Å². The molecule has 0 bridgehead atoms. The molecule has 1 fully saturated rings. The van der Waals surface area contributed by atoms with Gasteiger partial charge in [0.2, 0.25) is 0 Å². The molecule has 0 unspecified atom stereocenters. The Labute approximate surface area is 128 Å². The highest BCUT2D eigenvalue weighted by Gasteiger charge is 2.19. The van der Waals surface area contributed by atoms with E-state index in [1.165, 1.54) is 7.11 Å². The molecule has 1 aliphatic rings. The molecule has 0 N–H and O–H groups in total. The molecule has 1 heterocycles. The van der Waals surface area contributed by atoms with E-state index in [4.69, 9.17) is 9.47 Å². The maximum absolute atomic E-state index is 11.6. The molecule has 1 aliphatic heterocycles. The highest BCUT2D eigenvalue weighted by molar-refractivity contribution is 9.10. The van der Waals surface area contributed by atoms with Crippen molar-refractivity contribution in [2.75, 3.05) is 27.3 Å². The zero-order valence-corrected chi connectivity index (χ0v) is 13.5. The van der Waals surface area contributed by atoms with Gasteiger partial charge in [-0.2, -0.15) is 0 Å². The Balaban J connectivity index is 2.02. The van der Waals surface area contributed by atoms with Crippen LogP contribution in [-0.4, -0.2) is 44.3 Å². The number of carbonyl (C=O) groups excluding carboxylic acids is 1. The lowest BCUT2D eigenvalue weighted by Gasteiger charge is -2.31. The molecule has 110 valence electrons. The summed E-state index contributed by atoms with van der Waals surface area (Å²) in [5.41, 5.74) is 1.71. The van der Waals surface area contributed by atoms with E-state index in [9.17, 15) is 4.79 Å². The topological polar surface area (TPSA) is 38.8 Å². The smallest absolute Gasteiger partial charge is 0.337 e. The van der Waals surface area contributed by atoms with Crippen molar-refractivity contribution >= 4 is 21.9 Å². The van der Waals surface area contributed by atoms with Gasteiger partial charge >= 0.3 is 5.97 Å². The first-order chi connectivity index (χ1) is 9.62. The summed E-state index contributed by atoms with van der Waals surface area (Å²) in [5, 5.41) is 0. The minimum absolute atomic E-state index is 0.300. The molecule has 0 saturated carbocycles. The van der Waals surface area contributed by atoms with Gasteiger partial charge in [0.25, 0.3) is 0 Å². The van der Waals surface area contributed by atoms with Gasteiger partial charge in [0.05, 0.1) is 18.8 Å². The Bertz CT molecular complexity index is 470. The van der Waals surface area contributed by atoms with Crippen LogP contribution >= 0.6 is 15.9 Å². The van der Waals surface area contributed by atoms with Gasteiger partial charge in [-0.25, -0.2) is 4.79 Å². The molecule has 2 rings (SSSR count). The Morgan fingerprint density at radius 1 is 1.30 bits per heavy atom. The van der Waals surface area contributed by atoms with Crippen molar-refractivity contribution in [1.29, 1.82) is 0 Å². The minimum Gasteiger partial charge on any atom is -0.465 e. The normalized spacial score (nSPS) is 17.1. The lowest BCUT2D eigenvalue weighted by atomic mass is 10.1. The first-order valence-electron chi connectivity index (χ1n) is 6.75. The highest BCUT2D eigenvalue weighted by Crippen LogP contribution is 2.20. The summed E-state index contributed by atoms with van der Waals surface area (Å²) in [4.78, 5) is 14.0. The van der Waals surface area contributed by atoms with Crippen LogP contribution in [0.3, 0.4) is 0 Å². The number of hydrogen-bond donors (Lipinski definition) is 0. The van der Waals surface area contributed by atoms with E-state index in [0.29, 0.717) is 11.7 Å². The number of carbonyl (C=O) groups is 1. The maximum atomic E-state index is 11.6. The summed E-state index contributed by atoms with van der Waals surface area (Å²) in [5.74, 6) is -0.300. The summed E-state index contributed by atoms with van der Waals surface area (Å²) in [6.07, 6.45) is 2.52. The van der Waals surface area contributed by atoms with E-state index in [1.54, 1.807) is 13.2 Å². The van der Waals surface area contributed by atoms with Crippen LogP contribution in [0.4, 0.5) is 0 Å². The van der Waals surface area contributed by atoms with Gasteiger partial charge in [-0.15, -0.1) is 0 Å². The van der Waals surface area contributed by atoms with Crippen LogP contribution < -0.4 is 0 Å². The fourth-order valence-electron chi connectivity index (χ4n) is 2.54. The second-order valence-corrected chi connectivity index (χ2v) is 5.97. The number of benzene rings is 1. The standard InChI is InChI=1S/C15H20BrNO3/c1-19-14-3-5-17(6-4-14)10-11-7-12(15(18)20-2)9-13(16)8-11/h7-9,14H,3-6,10H2,1-2H3. The molecule has 0 atom stereocenters. The average molecular weight is 342 g/mol. The van der Waals surface area contributed by atoms with Gasteiger partial charge in [0.1, 0.15) is 0 Å². The molecule has 20 heavy (non-hydrogen) atoms. The first-order valence-corrected chi connectivity index (χ1v) is 7.54. The third kappa shape index (κ3) is 4.04. The van der Waals surface area contributed by atoms with E-state index >= 15 is 0 Å². The number of esters is 1. The van der Waals surface area contributed by atoms with E-state index in [-0.39, 0.29) is 5.97 Å². The van der Waals surface area contributed by atoms with Crippen molar-refractivity contribution in [2.24, 2.45) is 0 Å². The number of likely N-dealkylation sites (tertiary alicyclic amines) is 1. The van der Waals surface area contributed by atoms with E-state index < -0.39 is 0 Å². The maximum Gasteiger partial charge on any atom is 0.337 e. The molecule has 0 spiro atoms. The van der Waals surface area contributed by atoms with E-state index in [1.807, 2.05) is 6.07 Å². The molecule has 0 aliphatic carbocycles. The zero-order chi connectivity index (χ0) is 14.5. The molecule has 4 nitrogen and oxygen atoms in total. The largest absolute Gasteiger partial charge is 0.465 e. The lowest BCUT2D eigenvalue weighted by molar-refractivity contribution is 0.0388. The van der Waals surface area contributed by atoms with Crippen LogP contribution in [-0.2, 0) is 16.0 Å². The Hall–Kier alpha value is -0.910. The second-order valence-electron chi connectivity index (χ2n) is 5.05. The number of nitrogens with zero attached hydrogens (tertiary/aromatic N) is 1. The Morgan fingerprint density at radius 2 is 2.00 bits per heavy atom. The number of ether oxygens (including phenoxy) is 2. The molecule has 1 aromatic carbocycles. The van der Waals surface area contributed by atoms with E-state index in [2.05, 4.69) is 26.9 Å². The quantitative estimate of drug-likeness (QED) is 0.789. The second kappa shape index (κ2) is 7.20. The molecular formula is C15H20BrNO3. The van der Waals surface area contributed by atoms with Crippen molar-refractivity contribution in [3.05, 3.63) is 33.8 Å².